The average Bonchev–Trinajstić information content (AvgIpc) is 2.98. The number of hydrogen-bond donors (Lipinski definition) is 0. The maximum Gasteiger partial charge on any atom is 0.449 e. The summed E-state index contributed by atoms with van der Waals surface area (Å²) >= 11 is 0. The van der Waals surface area contributed by atoms with E-state index in [4.69, 9.17) is 4.74 Å². The molecule has 1 amide bonds. The van der Waals surface area contributed by atoms with Gasteiger partial charge in [-0.05, 0) is 43.4 Å². The number of aryl methyl sites for hydroxylation is 1. The first-order chi connectivity index (χ1) is 12.3. The van der Waals surface area contributed by atoms with Crippen LogP contribution in [0.3, 0.4) is 0 Å². The molecular formula is C18H22F3N3O2. The average molecular weight is 369 g/mol. The molecule has 1 aromatic heterocycles. The number of halogens is 3. The van der Waals surface area contributed by atoms with E-state index in [9.17, 15) is 18.0 Å². The monoisotopic (exact) mass is 369 g/mol. The molecule has 0 saturated carbocycles. The molecule has 1 aliphatic heterocycles. The SMILES string of the molecule is CC(=O)N(C)c1ccc2c(c1)nc(C(F)(F)F)n2CCC1CCOCC1. The summed E-state index contributed by atoms with van der Waals surface area (Å²) in [6.45, 7) is 3.00. The minimum Gasteiger partial charge on any atom is -0.381 e. The number of hydrogen-bond acceptors (Lipinski definition) is 3. The van der Waals surface area contributed by atoms with Gasteiger partial charge in [-0.3, -0.25) is 4.79 Å². The number of aromatic nitrogens is 2. The van der Waals surface area contributed by atoms with Crippen molar-refractivity contribution < 1.29 is 22.7 Å². The third kappa shape index (κ3) is 3.85. The molecule has 1 aromatic carbocycles. The molecule has 0 atom stereocenters. The zero-order valence-corrected chi connectivity index (χ0v) is 14.8. The molecule has 0 aliphatic carbocycles. The third-order valence-corrected chi connectivity index (χ3v) is 4.95. The number of carbonyl (C=O) groups excluding carboxylic acids is 1. The van der Waals surface area contributed by atoms with Gasteiger partial charge in [0.2, 0.25) is 11.7 Å². The predicted octanol–water partition coefficient (Wildman–Crippen LogP) is 3.85. The number of amides is 1. The van der Waals surface area contributed by atoms with Gasteiger partial charge < -0.3 is 14.2 Å². The summed E-state index contributed by atoms with van der Waals surface area (Å²) in [5.41, 5.74) is 1.20. The van der Waals surface area contributed by atoms with Crippen LogP contribution in [0.1, 0.15) is 32.0 Å². The van der Waals surface area contributed by atoms with E-state index in [1.54, 1.807) is 19.2 Å². The van der Waals surface area contributed by atoms with E-state index in [0.29, 0.717) is 36.8 Å². The molecule has 0 unspecified atom stereocenters. The van der Waals surface area contributed by atoms with Gasteiger partial charge in [-0.2, -0.15) is 13.2 Å². The summed E-state index contributed by atoms with van der Waals surface area (Å²) in [6.07, 6.45) is -2.11. The van der Waals surface area contributed by atoms with Crippen LogP contribution in [-0.4, -0.2) is 35.7 Å². The molecular weight excluding hydrogens is 347 g/mol. The highest BCUT2D eigenvalue weighted by Gasteiger charge is 2.37. The largest absolute Gasteiger partial charge is 0.449 e. The second kappa shape index (κ2) is 7.26. The molecule has 2 heterocycles. The Labute approximate surface area is 149 Å². The van der Waals surface area contributed by atoms with Crippen LogP contribution in [0.15, 0.2) is 18.2 Å². The number of rotatable bonds is 4. The Kier molecular flexibility index (Phi) is 5.22. The van der Waals surface area contributed by atoms with Crippen LogP contribution in [0, 0.1) is 5.92 Å². The van der Waals surface area contributed by atoms with Crippen molar-refractivity contribution in [3.05, 3.63) is 24.0 Å². The van der Waals surface area contributed by atoms with Gasteiger partial charge in [-0.25, -0.2) is 4.98 Å². The number of alkyl halides is 3. The van der Waals surface area contributed by atoms with E-state index in [-0.39, 0.29) is 18.0 Å². The quantitative estimate of drug-likeness (QED) is 0.822. The summed E-state index contributed by atoms with van der Waals surface area (Å²) < 4.78 is 47.0. The van der Waals surface area contributed by atoms with Gasteiger partial charge in [0.15, 0.2) is 0 Å². The highest BCUT2D eigenvalue weighted by atomic mass is 19.4. The van der Waals surface area contributed by atoms with Crippen molar-refractivity contribution in [3.8, 4) is 0 Å². The second-order valence-corrected chi connectivity index (χ2v) is 6.68. The van der Waals surface area contributed by atoms with E-state index in [0.717, 1.165) is 12.8 Å². The summed E-state index contributed by atoms with van der Waals surface area (Å²) in [7, 11) is 1.58. The van der Waals surface area contributed by atoms with Gasteiger partial charge in [-0.1, -0.05) is 0 Å². The smallest absolute Gasteiger partial charge is 0.381 e. The summed E-state index contributed by atoms with van der Waals surface area (Å²) in [4.78, 5) is 16.7. The Morgan fingerprint density at radius 2 is 2.04 bits per heavy atom. The maximum atomic E-state index is 13.5. The molecule has 0 bridgehead atoms. The number of ether oxygens (including phenoxy) is 1. The Bertz CT molecular complexity index is 795. The molecule has 0 N–H and O–H groups in total. The predicted molar refractivity (Wildman–Crippen MR) is 92.0 cm³/mol. The van der Waals surface area contributed by atoms with Gasteiger partial charge in [0.1, 0.15) is 0 Å². The van der Waals surface area contributed by atoms with Crippen LogP contribution in [0.25, 0.3) is 11.0 Å². The molecule has 142 valence electrons. The third-order valence-electron chi connectivity index (χ3n) is 4.95. The number of anilines is 1. The molecule has 0 radical (unpaired) electrons. The molecule has 0 spiro atoms. The highest BCUT2D eigenvalue weighted by Crippen LogP contribution is 2.33. The van der Waals surface area contributed by atoms with E-state index in [1.807, 2.05) is 0 Å². The molecule has 1 saturated heterocycles. The number of imidazole rings is 1. The molecule has 8 heteroatoms. The lowest BCUT2D eigenvalue weighted by Crippen LogP contribution is -2.22. The number of fused-ring (bicyclic) bond motifs is 1. The molecule has 1 fully saturated rings. The summed E-state index contributed by atoms with van der Waals surface area (Å²) in [5.74, 6) is -0.716. The van der Waals surface area contributed by atoms with Crippen LogP contribution in [-0.2, 0) is 22.3 Å². The molecule has 26 heavy (non-hydrogen) atoms. The topological polar surface area (TPSA) is 47.4 Å². The van der Waals surface area contributed by atoms with Gasteiger partial charge in [-0.15, -0.1) is 0 Å². The standard InChI is InChI=1S/C18H22F3N3O2/c1-12(25)23(2)14-3-4-16-15(11-14)22-17(18(19,20)21)24(16)8-5-13-6-9-26-10-7-13/h3-4,11,13H,5-10H2,1-2H3. The molecule has 1 aliphatic rings. The van der Waals surface area contributed by atoms with Crippen molar-refractivity contribution in [2.45, 2.75) is 38.9 Å². The van der Waals surface area contributed by atoms with Gasteiger partial charge in [0.05, 0.1) is 11.0 Å². The van der Waals surface area contributed by atoms with Crippen molar-refractivity contribution in [1.29, 1.82) is 0 Å². The Morgan fingerprint density at radius 1 is 1.35 bits per heavy atom. The minimum atomic E-state index is -4.53. The van der Waals surface area contributed by atoms with Crippen molar-refractivity contribution in [2.24, 2.45) is 5.92 Å². The zero-order valence-electron chi connectivity index (χ0n) is 14.8. The van der Waals surface area contributed by atoms with E-state index >= 15 is 0 Å². The van der Waals surface area contributed by atoms with E-state index in [2.05, 4.69) is 4.98 Å². The van der Waals surface area contributed by atoms with Crippen LogP contribution in [0.5, 0.6) is 0 Å². The Hall–Kier alpha value is -2.09. The minimum absolute atomic E-state index is 0.195. The van der Waals surface area contributed by atoms with E-state index < -0.39 is 12.0 Å². The second-order valence-electron chi connectivity index (χ2n) is 6.68. The summed E-state index contributed by atoms with van der Waals surface area (Å²) in [5, 5.41) is 0. The first kappa shape index (κ1) is 18.7. The number of carbonyl (C=O) groups is 1. The number of nitrogens with zero attached hydrogens (tertiary/aromatic N) is 3. The van der Waals surface area contributed by atoms with Crippen molar-refractivity contribution in [1.82, 2.24) is 9.55 Å². The normalized spacial score (nSPS) is 16.2. The summed E-state index contributed by atoms with van der Waals surface area (Å²) in [6, 6.07) is 4.78. The molecule has 5 nitrogen and oxygen atoms in total. The maximum absolute atomic E-state index is 13.5. The fraction of sp³-hybridized carbons (Fsp3) is 0.556. The van der Waals surface area contributed by atoms with E-state index in [1.165, 1.54) is 22.5 Å². The fourth-order valence-corrected chi connectivity index (χ4v) is 3.30. The molecule has 2 aromatic rings. The van der Waals surface area contributed by atoms with Crippen molar-refractivity contribution >= 4 is 22.6 Å². The fourth-order valence-electron chi connectivity index (χ4n) is 3.30. The van der Waals surface area contributed by atoms with Crippen LogP contribution >= 0.6 is 0 Å². The highest BCUT2D eigenvalue weighted by molar-refractivity contribution is 5.93. The Balaban J connectivity index is 1.94. The molecule has 3 rings (SSSR count). The van der Waals surface area contributed by atoms with Crippen LogP contribution in [0.2, 0.25) is 0 Å². The number of benzene rings is 1. The van der Waals surface area contributed by atoms with Crippen LogP contribution < -0.4 is 4.90 Å². The first-order valence-corrected chi connectivity index (χ1v) is 8.67. The lowest BCUT2D eigenvalue weighted by atomic mass is 9.96. The van der Waals surface area contributed by atoms with Gasteiger partial charge in [0.25, 0.3) is 0 Å². The van der Waals surface area contributed by atoms with Crippen LogP contribution in [0.4, 0.5) is 18.9 Å². The Morgan fingerprint density at radius 3 is 2.65 bits per heavy atom. The first-order valence-electron chi connectivity index (χ1n) is 8.67. The lowest BCUT2D eigenvalue weighted by molar-refractivity contribution is -0.147. The lowest BCUT2D eigenvalue weighted by Gasteiger charge is -2.22. The van der Waals surface area contributed by atoms with Crippen molar-refractivity contribution in [3.63, 3.8) is 0 Å². The van der Waals surface area contributed by atoms with Crippen molar-refractivity contribution in [2.75, 3.05) is 25.2 Å². The van der Waals surface area contributed by atoms with Gasteiger partial charge >= 0.3 is 6.18 Å². The van der Waals surface area contributed by atoms with Gasteiger partial charge in [0, 0.05) is 39.4 Å². The zero-order chi connectivity index (χ0) is 18.9.